The number of aliphatic hydroxyl groups is 1. The van der Waals surface area contributed by atoms with Crippen molar-refractivity contribution in [3.05, 3.63) is 29.6 Å². The van der Waals surface area contributed by atoms with Crippen molar-refractivity contribution < 1.29 is 14.3 Å². The monoisotopic (exact) mass is 212 g/mol. The van der Waals surface area contributed by atoms with Gasteiger partial charge in [-0.15, -0.1) is 0 Å². The third kappa shape index (κ3) is 2.92. The number of rotatable bonds is 3. The second kappa shape index (κ2) is 4.75. The number of amides is 1. The molecule has 4 N–H and O–H groups in total. The molecule has 0 aromatic heterocycles. The number of hydrogen-bond acceptors (Lipinski definition) is 3. The Balaban J connectivity index is 2.82. The van der Waals surface area contributed by atoms with Gasteiger partial charge >= 0.3 is 0 Å². The van der Waals surface area contributed by atoms with Crippen LogP contribution in [0, 0.1) is 5.82 Å². The highest BCUT2D eigenvalue weighted by Crippen LogP contribution is 2.11. The Bertz CT molecular complexity index is 368. The number of hydrogen-bond donors (Lipinski definition) is 3. The zero-order valence-electron chi connectivity index (χ0n) is 8.33. The smallest absolute Gasteiger partial charge is 0.254 e. The first kappa shape index (κ1) is 11.5. The summed E-state index contributed by atoms with van der Waals surface area (Å²) < 4.78 is 13.3. The molecule has 4 nitrogen and oxygen atoms in total. The number of nitrogens with one attached hydrogen (secondary N) is 1. The van der Waals surface area contributed by atoms with Gasteiger partial charge in [0, 0.05) is 11.7 Å². The maximum atomic E-state index is 13.3. The van der Waals surface area contributed by atoms with Crippen molar-refractivity contribution in [2.24, 2.45) is 0 Å². The van der Waals surface area contributed by atoms with Crippen LogP contribution in [-0.4, -0.2) is 23.7 Å². The van der Waals surface area contributed by atoms with Gasteiger partial charge in [0.2, 0.25) is 0 Å². The van der Waals surface area contributed by atoms with Crippen molar-refractivity contribution in [3.8, 4) is 0 Å². The molecule has 1 rings (SSSR count). The highest BCUT2D eigenvalue weighted by Gasteiger charge is 2.13. The number of halogens is 1. The number of nitrogens with two attached hydrogens (primary N) is 1. The van der Waals surface area contributed by atoms with Crippen molar-refractivity contribution in [2.45, 2.75) is 13.0 Å². The molecule has 0 unspecified atom stereocenters. The van der Waals surface area contributed by atoms with Gasteiger partial charge in [-0.1, -0.05) is 0 Å². The molecule has 15 heavy (non-hydrogen) atoms. The fourth-order valence-electron chi connectivity index (χ4n) is 1.06. The van der Waals surface area contributed by atoms with Crippen molar-refractivity contribution in [1.82, 2.24) is 5.32 Å². The van der Waals surface area contributed by atoms with Crippen LogP contribution in [0.25, 0.3) is 0 Å². The van der Waals surface area contributed by atoms with Gasteiger partial charge in [0.05, 0.1) is 12.2 Å². The average molecular weight is 212 g/mol. The molecular weight excluding hydrogens is 199 g/mol. The van der Waals surface area contributed by atoms with Gasteiger partial charge < -0.3 is 16.2 Å². The van der Waals surface area contributed by atoms with Crippen LogP contribution in [0.1, 0.15) is 17.3 Å². The van der Waals surface area contributed by atoms with E-state index < -0.39 is 17.8 Å². The van der Waals surface area contributed by atoms with Crippen molar-refractivity contribution in [3.63, 3.8) is 0 Å². The maximum absolute atomic E-state index is 13.3. The molecule has 0 spiro atoms. The first-order valence-corrected chi connectivity index (χ1v) is 4.51. The third-order valence-electron chi connectivity index (χ3n) is 1.89. The van der Waals surface area contributed by atoms with Crippen LogP contribution in [0.3, 0.4) is 0 Å². The lowest BCUT2D eigenvalue weighted by molar-refractivity contribution is 0.0918. The second-order valence-electron chi connectivity index (χ2n) is 3.30. The van der Waals surface area contributed by atoms with Gasteiger partial charge in [-0.25, -0.2) is 4.39 Å². The van der Waals surface area contributed by atoms with E-state index in [9.17, 15) is 9.18 Å². The van der Waals surface area contributed by atoms with E-state index in [4.69, 9.17) is 10.8 Å². The van der Waals surface area contributed by atoms with Gasteiger partial charge in [0.15, 0.2) is 0 Å². The fraction of sp³-hybridized carbons (Fsp3) is 0.300. The number of aliphatic hydroxyl groups excluding tert-OH is 1. The van der Waals surface area contributed by atoms with E-state index in [-0.39, 0.29) is 17.9 Å². The van der Waals surface area contributed by atoms with E-state index in [0.29, 0.717) is 0 Å². The van der Waals surface area contributed by atoms with Crippen molar-refractivity contribution in [2.75, 3.05) is 12.3 Å². The molecule has 0 fully saturated rings. The Morgan fingerprint density at radius 1 is 1.67 bits per heavy atom. The fourth-order valence-corrected chi connectivity index (χ4v) is 1.06. The number of nitrogen functional groups attached to an aromatic ring is 1. The molecule has 0 aliphatic heterocycles. The zero-order chi connectivity index (χ0) is 11.4. The van der Waals surface area contributed by atoms with Crippen LogP contribution >= 0.6 is 0 Å². The van der Waals surface area contributed by atoms with Crippen LogP contribution in [0.15, 0.2) is 18.2 Å². The van der Waals surface area contributed by atoms with E-state index in [1.807, 2.05) is 0 Å². The first-order valence-electron chi connectivity index (χ1n) is 4.51. The molecule has 1 aromatic rings. The summed E-state index contributed by atoms with van der Waals surface area (Å²) in [6, 6.07) is 3.43. The van der Waals surface area contributed by atoms with Gasteiger partial charge in [-0.05, 0) is 25.1 Å². The average Bonchev–Trinajstić information content (AvgIpc) is 2.17. The van der Waals surface area contributed by atoms with Gasteiger partial charge in [-0.3, -0.25) is 4.79 Å². The molecule has 1 aromatic carbocycles. The van der Waals surface area contributed by atoms with Crippen LogP contribution in [-0.2, 0) is 0 Å². The molecule has 0 saturated heterocycles. The second-order valence-corrected chi connectivity index (χ2v) is 3.30. The van der Waals surface area contributed by atoms with E-state index >= 15 is 0 Å². The highest BCUT2D eigenvalue weighted by atomic mass is 19.1. The van der Waals surface area contributed by atoms with Gasteiger partial charge in [0.1, 0.15) is 5.82 Å². The zero-order valence-corrected chi connectivity index (χ0v) is 8.33. The summed E-state index contributed by atoms with van der Waals surface area (Å²) in [6.07, 6.45) is 0. The Morgan fingerprint density at radius 2 is 2.33 bits per heavy atom. The molecule has 0 aliphatic carbocycles. The molecule has 0 radical (unpaired) electrons. The van der Waals surface area contributed by atoms with Gasteiger partial charge in [0.25, 0.3) is 5.91 Å². The Hall–Kier alpha value is -1.62. The predicted molar refractivity (Wildman–Crippen MR) is 54.8 cm³/mol. The van der Waals surface area contributed by atoms with Crippen molar-refractivity contribution in [1.29, 1.82) is 0 Å². The number of benzene rings is 1. The Kier molecular flexibility index (Phi) is 3.62. The highest BCUT2D eigenvalue weighted by molar-refractivity contribution is 5.94. The quantitative estimate of drug-likeness (QED) is 0.639. The molecule has 1 amide bonds. The summed E-state index contributed by atoms with van der Waals surface area (Å²) in [4.78, 5) is 11.4. The summed E-state index contributed by atoms with van der Waals surface area (Å²) in [7, 11) is 0. The minimum atomic E-state index is -0.669. The number of carbonyl (C=O) groups excluding carboxylic acids is 1. The lowest BCUT2D eigenvalue weighted by Crippen LogP contribution is -2.35. The normalized spacial score (nSPS) is 12.2. The SMILES string of the molecule is C[C@H](CO)NC(=O)c1ccc(N)cc1F. The minimum Gasteiger partial charge on any atom is -0.399 e. The van der Waals surface area contributed by atoms with Gasteiger partial charge in [-0.2, -0.15) is 0 Å². The predicted octanol–water partition coefficient (Wildman–Crippen LogP) is 0.519. The summed E-state index contributed by atoms with van der Waals surface area (Å²) >= 11 is 0. The number of anilines is 1. The van der Waals surface area contributed by atoms with Crippen molar-refractivity contribution >= 4 is 11.6 Å². The Labute approximate surface area is 86.9 Å². The van der Waals surface area contributed by atoms with Crippen LogP contribution in [0.5, 0.6) is 0 Å². The molecule has 0 heterocycles. The molecular formula is C10H13FN2O2. The lowest BCUT2D eigenvalue weighted by atomic mass is 10.1. The first-order chi connectivity index (χ1) is 7.04. The third-order valence-corrected chi connectivity index (χ3v) is 1.89. The Morgan fingerprint density at radius 3 is 2.87 bits per heavy atom. The molecule has 5 heteroatoms. The summed E-state index contributed by atoms with van der Waals surface area (Å²) in [5, 5.41) is 11.2. The van der Waals surface area contributed by atoms with Crippen LogP contribution in [0.2, 0.25) is 0 Å². The standard InChI is InChI=1S/C10H13FN2O2/c1-6(5-14)13-10(15)8-3-2-7(12)4-9(8)11/h2-4,6,14H,5,12H2,1H3,(H,13,15)/t6-/m1/s1. The molecule has 0 bridgehead atoms. The lowest BCUT2D eigenvalue weighted by Gasteiger charge is -2.11. The molecule has 82 valence electrons. The largest absolute Gasteiger partial charge is 0.399 e. The topological polar surface area (TPSA) is 75.3 Å². The van der Waals surface area contributed by atoms with Crippen LogP contribution in [0.4, 0.5) is 10.1 Å². The molecule has 0 aliphatic rings. The number of carbonyl (C=O) groups is 1. The van der Waals surface area contributed by atoms with E-state index in [0.717, 1.165) is 6.07 Å². The van der Waals surface area contributed by atoms with E-state index in [1.54, 1.807) is 6.92 Å². The maximum Gasteiger partial charge on any atom is 0.254 e. The van der Waals surface area contributed by atoms with Crippen LogP contribution < -0.4 is 11.1 Å². The summed E-state index contributed by atoms with van der Waals surface area (Å²) in [5.74, 6) is -1.23. The molecule has 1 atom stereocenters. The summed E-state index contributed by atoms with van der Waals surface area (Å²) in [6.45, 7) is 1.43. The summed E-state index contributed by atoms with van der Waals surface area (Å²) in [5.41, 5.74) is 5.53. The molecule has 0 saturated carbocycles. The van der Waals surface area contributed by atoms with E-state index in [2.05, 4.69) is 5.32 Å². The van der Waals surface area contributed by atoms with E-state index in [1.165, 1.54) is 12.1 Å². The minimum absolute atomic E-state index is 0.0792.